The maximum atomic E-state index is 4.70. The molecular formula is C21H35IN6. The molecule has 0 amide bonds. The molecule has 3 aliphatic rings. The van der Waals surface area contributed by atoms with Crippen molar-refractivity contribution in [2.45, 2.75) is 32.2 Å². The number of guanidine groups is 1. The van der Waals surface area contributed by atoms with Crippen LogP contribution in [0.15, 0.2) is 23.3 Å². The maximum absolute atomic E-state index is 4.70. The third-order valence-electron chi connectivity index (χ3n) is 6.59. The highest BCUT2D eigenvalue weighted by atomic mass is 127. The van der Waals surface area contributed by atoms with Gasteiger partial charge in [0.05, 0.1) is 0 Å². The van der Waals surface area contributed by atoms with E-state index in [0.29, 0.717) is 0 Å². The molecule has 0 bridgehead atoms. The Balaban J connectivity index is 0.00000225. The number of nitrogens with one attached hydrogen (secondary N) is 1. The lowest BCUT2D eigenvalue weighted by molar-refractivity contribution is 0.299. The zero-order valence-corrected chi connectivity index (χ0v) is 19.6. The summed E-state index contributed by atoms with van der Waals surface area (Å²) in [6.07, 6.45) is 7.52. The first-order chi connectivity index (χ1) is 13.2. The highest BCUT2D eigenvalue weighted by Gasteiger charge is 2.35. The normalized spacial score (nSPS) is 26.0. The van der Waals surface area contributed by atoms with Crippen LogP contribution in [0.25, 0.3) is 0 Å². The van der Waals surface area contributed by atoms with E-state index >= 15 is 0 Å². The smallest absolute Gasteiger partial charge is 0.193 e. The predicted molar refractivity (Wildman–Crippen MR) is 127 cm³/mol. The number of aliphatic imine (C=N–C) groups is 1. The highest BCUT2D eigenvalue weighted by Crippen LogP contribution is 2.36. The van der Waals surface area contributed by atoms with Crippen molar-refractivity contribution in [1.29, 1.82) is 0 Å². The monoisotopic (exact) mass is 498 g/mol. The third kappa shape index (κ3) is 4.90. The number of hydrogen-bond acceptors (Lipinski definition) is 4. The van der Waals surface area contributed by atoms with Gasteiger partial charge in [-0.1, -0.05) is 18.9 Å². The fraction of sp³-hybridized carbons (Fsp3) is 0.714. The highest BCUT2D eigenvalue weighted by molar-refractivity contribution is 14.0. The molecule has 2 aliphatic heterocycles. The Morgan fingerprint density at radius 2 is 1.82 bits per heavy atom. The van der Waals surface area contributed by atoms with Crippen LogP contribution < -0.4 is 10.2 Å². The lowest BCUT2D eigenvalue weighted by atomic mass is 9.82. The molecule has 6 nitrogen and oxygen atoms in total. The summed E-state index contributed by atoms with van der Waals surface area (Å²) in [6, 6.07) is 4.24. The Kier molecular flexibility index (Phi) is 7.79. The molecule has 2 saturated heterocycles. The van der Waals surface area contributed by atoms with E-state index in [-0.39, 0.29) is 24.0 Å². The van der Waals surface area contributed by atoms with Crippen LogP contribution in [0.2, 0.25) is 0 Å². The van der Waals surface area contributed by atoms with E-state index in [0.717, 1.165) is 56.3 Å². The molecule has 0 radical (unpaired) electrons. The molecule has 28 heavy (non-hydrogen) atoms. The van der Waals surface area contributed by atoms with Gasteiger partial charge < -0.3 is 20.0 Å². The zero-order chi connectivity index (χ0) is 18.6. The van der Waals surface area contributed by atoms with Crippen molar-refractivity contribution >= 4 is 35.8 Å². The number of nitrogens with zero attached hydrogens (tertiary/aromatic N) is 5. The molecule has 1 N–H and O–H groups in total. The molecule has 1 aromatic heterocycles. The van der Waals surface area contributed by atoms with Crippen LogP contribution in [0.1, 0.15) is 31.2 Å². The first kappa shape index (κ1) is 21.6. The van der Waals surface area contributed by atoms with Crippen molar-refractivity contribution in [3.8, 4) is 0 Å². The Morgan fingerprint density at radius 3 is 2.46 bits per heavy atom. The maximum Gasteiger partial charge on any atom is 0.193 e. The van der Waals surface area contributed by atoms with Crippen LogP contribution in [-0.2, 0) is 6.54 Å². The van der Waals surface area contributed by atoms with Crippen LogP contribution in [0.5, 0.6) is 0 Å². The van der Waals surface area contributed by atoms with E-state index in [1.807, 2.05) is 19.3 Å². The molecule has 3 heterocycles. The second-order valence-corrected chi connectivity index (χ2v) is 8.39. The minimum Gasteiger partial charge on any atom is -0.354 e. The summed E-state index contributed by atoms with van der Waals surface area (Å²) in [5, 5.41) is 3.62. The number of anilines is 1. The van der Waals surface area contributed by atoms with E-state index in [2.05, 4.69) is 38.1 Å². The standard InChI is InChI=1S/C21H34N6.HI/c1-22-21(27-15-18-6-3-4-7-19(18)16-27)24-14-17-8-5-9-23-20(17)26-12-10-25(2)11-13-26;/h5,8-9,18-19H,3-4,6-7,10-16H2,1-2H3,(H,22,24);1H. The van der Waals surface area contributed by atoms with Gasteiger partial charge in [-0.3, -0.25) is 4.99 Å². The molecular weight excluding hydrogens is 463 g/mol. The van der Waals surface area contributed by atoms with Crippen LogP contribution in [-0.4, -0.2) is 74.1 Å². The van der Waals surface area contributed by atoms with Crippen molar-refractivity contribution in [2.24, 2.45) is 16.8 Å². The summed E-state index contributed by atoms with van der Waals surface area (Å²) in [5.41, 5.74) is 1.26. The summed E-state index contributed by atoms with van der Waals surface area (Å²) in [5.74, 6) is 3.93. The second-order valence-electron chi connectivity index (χ2n) is 8.39. The topological polar surface area (TPSA) is 47.0 Å². The number of likely N-dealkylation sites (tertiary alicyclic amines) is 1. The molecule has 2 atom stereocenters. The number of fused-ring (bicyclic) bond motifs is 1. The Labute approximate surface area is 186 Å². The summed E-state index contributed by atoms with van der Waals surface area (Å²) in [6.45, 7) is 7.41. The van der Waals surface area contributed by atoms with Gasteiger partial charge >= 0.3 is 0 Å². The van der Waals surface area contributed by atoms with Gasteiger partial charge in [0.25, 0.3) is 0 Å². The van der Waals surface area contributed by atoms with Crippen molar-refractivity contribution < 1.29 is 0 Å². The van der Waals surface area contributed by atoms with Gasteiger partial charge in [0.2, 0.25) is 0 Å². The van der Waals surface area contributed by atoms with Crippen molar-refractivity contribution in [1.82, 2.24) is 20.1 Å². The summed E-state index contributed by atoms with van der Waals surface area (Å²) in [4.78, 5) is 16.6. The number of piperazine rings is 1. The van der Waals surface area contributed by atoms with Gasteiger partial charge in [-0.25, -0.2) is 4.98 Å². The molecule has 1 aromatic rings. The largest absolute Gasteiger partial charge is 0.354 e. The molecule has 1 aliphatic carbocycles. The minimum atomic E-state index is 0. The number of hydrogen-bond donors (Lipinski definition) is 1. The molecule has 0 spiro atoms. The zero-order valence-electron chi connectivity index (χ0n) is 17.3. The molecule has 1 saturated carbocycles. The van der Waals surface area contributed by atoms with Crippen LogP contribution in [0.4, 0.5) is 5.82 Å². The van der Waals surface area contributed by atoms with Gasteiger partial charge in [-0.2, -0.15) is 0 Å². The van der Waals surface area contributed by atoms with E-state index < -0.39 is 0 Å². The average Bonchev–Trinajstić information content (AvgIpc) is 3.13. The fourth-order valence-corrected chi connectivity index (χ4v) is 4.96. The van der Waals surface area contributed by atoms with E-state index in [9.17, 15) is 0 Å². The predicted octanol–water partition coefficient (Wildman–Crippen LogP) is 2.65. The van der Waals surface area contributed by atoms with Crippen molar-refractivity contribution in [3.05, 3.63) is 23.9 Å². The summed E-state index contributed by atoms with van der Waals surface area (Å²) >= 11 is 0. The third-order valence-corrected chi connectivity index (χ3v) is 6.59. The number of aromatic nitrogens is 1. The number of halogens is 1. The van der Waals surface area contributed by atoms with Crippen LogP contribution in [0.3, 0.4) is 0 Å². The molecule has 0 aromatic carbocycles. The fourth-order valence-electron chi connectivity index (χ4n) is 4.96. The number of rotatable bonds is 3. The Morgan fingerprint density at radius 1 is 1.14 bits per heavy atom. The van der Waals surface area contributed by atoms with E-state index in [4.69, 9.17) is 4.98 Å². The van der Waals surface area contributed by atoms with Gasteiger partial charge in [0.15, 0.2) is 5.96 Å². The SMILES string of the molecule is CN=C(NCc1cccnc1N1CCN(C)CC1)N1CC2CCCCC2C1.I. The lowest BCUT2D eigenvalue weighted by Crippen LogP contribution is -2.45. The van der Waals surface area contributed by atoms with E-state index in [1.165, 1.54) is 44.3 Å². The number of likely N-dealkylation sites (N-methyl/N-ethyl adjacent to an activating group) is 1. The van der Waals surface area contributed by atoms with Gasteiger partial charge in [-0.15, -0.1) is 24.0 Å². The molecule has 2 unspecified atom stereocenters. The van der Waals surface area contributed by atoms with E-state index in [1.54, 1.807) is 0 Å². The quantitative estimate of drug-likeness (QED) is 0.395. The molecule has 3 fully saturated rings. The molecule has 156 valence electrons. The van der Waals surface area contributed by atoms with Crippen LogP contribution >= 0.6 is 24.0 Å². The first-order valence-electron chi connectivity index (χ1n) is 10.6. The van der Waals surface area contributed by atoms with Crippen molar-refractivity contribution in [2.75, 3.05) is 58.3 Å². The van der Waals surface area contributed by atoms with Gasteiger partial charge in [0.1, 0.15) is 5.82 Å². The number of pyridine rings is 1. The first-order valence-corrected chi connectivity index (χ1v) is 10.6. The Bertz CT molecular complexity index is 644. The Hall–Kier alpha value is -1.09. The van der Waals surface area contributed by atoms with Gasteiger partial charge in [-0.05, 0) is 37.8 Å². The van der Waals surface area contributed by atoms with Gasteiger partial charge in [0, 0.05) is 64.6 Å². The van der Waals surface area contributed by atoms with Crippen LogP contribution in [0, 0.1) is 11.8 Å². The second kappa shape index (κ2) is 10.1. The summed E-state index contributed by atoms with van der Waals surface area (Å²) in [7, 11) is 4.10. The van der Waals surface area contributed by atoms with Crippen molar-refractivity contribution in [3.63, 3.8) is 0 Å². The minimum absolute atomic E-state index is 0. The summed E-state index contributed by atoms with van der Waals surface area (Å²) < 4.78 is 0. The molecule has 7 heteroatoms. The lowest BCUT2D eigenvalue weighted by Gasteiger charge is -2.34. The molecule has 4 rings (SSSR count). The average molecular weight is 498 g/mol.